The van der Waals surface area contributed by atoms with Crippen LogP contribution in [0.5, 0.6) is 0 Å². The predicted octanol–water partition coefficient (Wildman–Crippen LogP) is 4.15. The van der Waals surface area contributed by atoms with E-state index in [1.165, 1.54) is 0 Å². The number of pyridine rings is 1. The Morgan fingerprint density at radius 2 is 1.84 bits per heavy atom. The number of nitrogens with one attached hydrogen (secondary N) is 2. The summed E-state index contributed by atoms with van der Waals surface area (Å²) in [7, 11) is 0. The van der Waals surface area contributed by atoms with Crippen molar-refractivity contribution in [1.29, 1.82) is 0 Å². The molecule has 2 aromatic carbocycles. The Kier molecular flexibility index (Phi) is 5.28. The van der Waals surface area contributed by atoms with Crippen LogP contribution in [0.4, 0.5) is 11.5 Å². The molecule has 0 bridgehead atoms. The monoisotopic (exact) mass is 430 g/mol. The molecule has 0 atom stereocenters. The van der Waals surface area contributed by atoms with Gasteiger partial charge in [-0.1, -0.05) is 28.9 Å². The minimum Gasteiger partial charge on any atom is -0.383 e. The van der Waals surface area contributed by atoms with Crippen molar-refractivity contribution < 1.29 is 0 Å². The van der Waals surface area contributed by atoms with Crippen molar-refractivity contribution in [3.63, 3.8) is 0 Å². The van der Waals surface area contributed by atoms with E-state index in [2.05, 4.69) is 35.9 Å². The summed E-state index contributed by atoms with van der Waals surface area (Å²) in [6.45, 7) is 1.92. The molecular weight excluding hydrogens is 412 g/mol. The van der Waals surface area contributed by atoms with Crippen LogP contribution in [-0.2, 0) is 13.1 Å². The number of nitrogens with zero attached hydrogens (tertiary/aromatic N) is 6. The van der Waals surface area contributed by atoms with Crippen molar-refractivity contribution in [1.82, 2.24) is 29.9 Å². The van der Waals surface area contributed by atoms with Crippen LogP contribution in [0, 0.1) is 0 Å². The van der Waals surface area contributed by atoms with Crippen LogP contribution in [-0.4, -0.2) is 36.5 Å². The van der Waals surface area contributed by atoms with Gasteiger partial charge in [-0.2, -0.15) is 0 Å². The molecule has 3 heterocycles. The van der Waals surface area contributed by atoms with Crippen LogP contribution in [0.2, 0.25) is 5.02 Å². The van der Waals surface area contributed by atoms with Crippen LogP contribution in [0.1, 0.15) is 5.69 Å². The number of halogens is 1. The lowest BCUT2D eigenvalue weighted by Crippen LogP contribution is -2.11. The normalized spacial score (nSPS) is 11.1. The average molecular weight is 431 g/mol. The molecule has 31 heavy (non-hydrogen) atoms. The lowest BCUT2D eigenvalue weighted by Gasteiger charge is -2.09. The molecule has 5 aromatic rings. The van der Waals surface area contributed by atoms with Gasteiger partial charge in [0, 0.05) is 34.2 Å². The molecule has 0 saturated carbocycles. The highest BCUT2D eigenvalue weighted by molar-refractivity contribution is 6.31. The molecule has 154 valence electrons. The van der Waals surface area contributed by atoms with E-state index in [1.54, 1.807) is 12.5 Å². The summed E-state index contributed by atoms with van der Waals surface area (Å²) in [5.41, 5.74) is 3.62. The third-order valence-corrected chi connectivity index (χ3v) is 5.16. The van der Waals surface area contributed by atoms with Crippen LogP contribution in [0.15, 0.2) is 67.3 Å². The maximum atomic E-state index is 6.06. The molecule has 0 unspecified atom stereocenters. The SMILES string of the molecule is Clc1ccc2c(NCCn3cc(CNc4ncnc5ccccc45)nn3)ccnc2c1. The Hall–Kier alpha value is -3.78. The Labute approximate surface area is 183 Å². The topological polar surface area (TPSA) is 93.4 Å². The lowest BCUT2D eigenvalue weighted by atomic mass is 10.2. The smallest absolute Gasteiger partial charge is 0.137 e. The first-order chi connectivity index (χ1) is 15.3. The van der Waals surface area contributed by atoms with Gasteiger partial charge in [-0.15, -0.1) is 5.10 Å². The Morgan fingerprint density at radius 3 is 2.81 bits per heavy atom. The van der Waals surface area contributed by atoms with Crippen LogP contribution in [0.25, 0.3) is 21.8 Å². The quantitative estimate of drug-likeness (QED) is 0.400. The van der Waals surface area contributed by atoms with E-state index in [9.17, 15) is 0 Å². The van der Waals surface area contributed by atoms with Gasteiger partial charge >= 0.3 is 0 Å². The number of hydrogen-bond donors (Lipinski definition) is 2. The molecule has 9 heteroatoms. The third-order valence-electron chi connectivity index (χ3n) is 4.93. The summed E-state index contributed by atoms with van der Waals surface area (Å²) < 4.78 is 1.82. The second-order valence-corrected chi connectivity index (χ2v) is 7.45. The first kappa shape index (κ1) is 19.2. The zero-order chi connectivity index (χ0) is 21.0. The molecule has 2 N–H and O–H groups in total. The van der Waals surface area contributed by atoms with E-state index >= 15 is 0 Å². The molecule has 0 aliphatic carbocycles. The van der Waals surface area contributed by atoms with Gasteiger partial charge in [-0.3, -0.25) is 9.67 Å². The second kappa shape index (κ2) is 8.53. The molecule has 0 fully saturated rings. The number of rotatable bonds is 7. The molecule has 3 aromatic heterocycles. The van der Waals surface area contributed by atoms with Gasteiger partial charge in [0.1, 0.15) is 17.8 Å². The van der Waals surface area contributed by atoms with Crippen molar-refractivity contribution in [3.05, 3.63) is 78.0 Å². The second-order valence-electron chi connectivity index (χ2n) is 7.01. The van der Waals surface area contributed by atoms with E-state index in [0.717, 1.165) is 39.0 Å². The van der Waals surface area contributed by atoms with Crippen molar-refractivity contribution in [2.75, 3.05) is 17.2 Å². The first-order valence-electron chi connectivity index (χ1n) is 9.87. The fourth-order valence-electron chi connectivity index (χ4n) is 3.43. The Morgan fingerprint density at radius 1 is 0.903 bits per heavy atom. The molecule has 0 saturated heterocycles. The van der Waals surface area contributed by atoms with Crippen LogP contribution < -0.4 is 10.6 Å². The highest BCUT2D eigenvalue weighted by Crippen LogP contribution is 2.24. The van der Waals surface area contributed by atoms with Crippen molar-refractivity contribution in [2.45, 2.75) is 13.1 Å². The molecular formula is C22H19ClN8. The van der Waals surface area contributed by atoms with E-state index in [4.69, 9.17) is 11.6 Å². The number of anilines is 2. The van der Waals surface area contributed by atoms with Crippen LogP contribution >= 0.6 is 11.6 Å². The van der Waals surface area contributed by atoms with Gasteiger partial charge in [0.15, 0.2) is 0 Å². The van der Waals surface area contributed by atoms with Crippen molar-refractivity contribution in [2.24, 2.45) is 0 Å². The molecule has 5 rings (SSSR count). The number of para-hydroxylation sites is 1. The number of hydrogen-bond acceptors (Lipinski definition) is 7. The van der Waals surface area contributed by atoms with Crippen LogP contribution in [0.3, 0.4) is 0 Å². The summed E-state index contributed by atoms with van der Waals surface area (Å²) in [6, 6.07) is 15.6. The average Bonchev–Trinajstić information content (AvgIpc) is 3.25. The molecule has 0 radical (unpaired) electrons. The van der Waals surface area contributed by atoms with Gasteiger partial charge in [-0.05, 0) is 36.4 Å². The van der Waals surface area contributed by atoms with Crippen molar-refractivity contribution >= 4 is 44.9 Å². The van der Waals surface area contributed by atoms with E-state index in [0.29, 0.717) is 24.7 Å². The summed E-state index contributed by atoms with van der Waals surface area (Å²) in [4.78, 5) is 13.0. The summed E-state index contributed by atoms with van der Waals surface area (Å²) >= 11 is 6.06. The highest BCUT2D eigenvalue weighted by atomic mass is 35.5. The molecule has 0 spiro atoms. The third kappa shape index (κ3) is 4.24. The lowest BCUT2D eigenvalue weighted by molar-refractivity contribution is 0.609. The van der Waals surface area contributed by atoms with Gasteiger partial charge < -0.3 is 10.6 Å². The Bertz CT molecular complexity index is 1340. The molecule has 0 amide bonds. The van der Waals surface area contributed by atoms with Gasteiger partial charge in [0.05, 0.1) is 30.3 Å². The summed E-state index contributed by atoms with van der Waals surface area (Å²) in [5.74, 6) is 0.784. The summed E-state index contributed by atoms with van der Waals surface area (Å²) in [6.07, 6.45) is 5.27. The number of fused-ring (bicyclic) bond motifs is 2. The zero-order valence-electron chi connectivity index (χ0n) is 16.5. The fourth-order valence-corrected chi connectivity index (χ4v) is 3.60. The maximum absolute atomic E-state index is 6.06. The zero-order valence-corrected chi connectivity index (χ0v) is 17.3. The van der Waals surface area contributed by atoms with Crippen molar-refractivity contribution in [3.8, 4) is 0 Å². The minimum absolute atomic E-state index is 0.532. The standard InChI is InChI=1S/C22H19ClN8/c23-15-5-6-17-20(7-8-24-21(17)11-15)25-9-10-31-13-16(29-30-31)12-26-22-18-3-1-2-4-19(18)27-14-28-22/h1-8,11,13-14H,9-10,12H2,(H,24,25)(H,26,27,28). The predicted molar refractivity (Wildman–Crippen MR) is 122 cm³/mol. The molecule has 0 aliphatic heterocycles. The fraction of sp³-hybridized carbons (Fsp3) is 0.136. The summed E-state index contributed by atoms with van der Waals surface area (Å²) in [5, 5.41) is 17.9. The highest BCUT2D eigenvalue weighted by Gasteiger charge is 2.06. The molecule has 8 nitrogen and oxygen atoms in total. The van der Waals surface area contributed by atoms with Gasteiger partial charge in [0.2, 0.25) is 0 Å². The van der Waals surface area contributed by atoms with E-state index in [-0.39, 0.29) is 0 Å². The first-order valence-corrected chi connectivity index (χ1v) is 10.2. The number of benzene rings is 2. The number of aromatic nitrogens is 6. The molecule has 0 aliphatic rings. The minimum atomic E-state index is 0.532. The maximum Gasteiger partial charge on any atom is 0.137 e. The largest absolute Gasteiger partial charge is 0.383 e. The van der Waals surface area contributed by atoms with Gasteiger partial charge in [0.25, 0.3) is 0 Å². The van der Waals surface area contributed by atoms with E-state index < -0.39 is 0 Å². The Balaban J connectivity index is 1.20. The van der Waals surface area contributed by atoms with Gasteiger partial charge in [-0.25, -0.2) is 9.97 Å². The van der Waals surface area contributed by atoms with E-state index in [1.807, 2.05) is 59.4 Å².